The first-order chi connectivity index (χ1) is 11.1. The van der Waals surface area contributed by atoms with E-state index in [4.69, 9.17) is 0 Å². The lowest BCUT2D eigenvalue weighted by Gasteiger charge is -2.31. The molecule has 5 nitrogen and oxygen atoms in total. The number of carbonyl (C=O) groups is 1. The molecule has 0 radical (unpaired) electrons. The Morgan fingerprint density at radius 3 is 2.39 bits per heavy atom. The minimum absolute atomic E-state index is 0.0178. The highest BCUT2D eigenvalue weighted by Crippen LogP contribution is 2.26. The third-order valence-electron chi connectivity index (χ3n) is 5.54. The summed E-state index contributed by atoms with van der Waals surface area (Å²) in [6.45, 7) is 6.31. The van der Waals surface area contributed by atoms with E-state index in [1.807, 2.05) is 13.8 Å². The van der Waals surface area contributed by atoms with Crippen molar-refractivity contribution >= 4 is 5.91 Å². The molecule has 23 heavy (non-hydrogen) atoms. The highest BCUT2D eigenvalue weighted by atomic mass is 16.2. The lowest BCUT2D eigenvalue weighted by atomic mass is 9.95. The van der Waals surface area contributed by atoms with Gasteiger partial charge in [-0.3, -0.25) is 4.79 Å². The molecule has 5 heteroatoms. The fourth-order valence-electron chi connectivity index (χ4n) is 4.16. The summed E-state index contributed by atoms with van der Waals surface area (Å²) >= 11 is 0. The van der Waals surface area contributed by atoms with Crippen molar-refractivity contribution in [2.75, 3.05) is 20.1 Å². The minimum atomic E-state index is 0.0178. The minimum Gasteiger partial charge on any atom is -0.348 e. The Morgan fingerprint density at radius 2 is 1.74 bits per heavy atom. The average molecular weight is 318 g/mol. The van der Waals surface area contributed by atoms with Gasteiger partial charge in [0.05, 0.1) is 0 Å². The topological polar surface area (TPSA) is 50.2 Å². The number of imidazole rings is 1. The quantitative estimate of drug-likeness (QED) is 0.932. The van der Waals surface area contributed by atoms with E-state index in [0.717, 1.165) is 50.3 Å². The van der Waals surface area contributed by atoms with Crippen LogP contribution in [0.3, 0.4) is 0 Å². The summed E-state index contributed by atoms with van der Waals surface area (Å²) < 4.78 is 2.29. The molecule has 1 saturated carbocycles. The Morgan fingerprint density at radius 1 is 1.09 bits per heavy atom. The summed E-state index contributed by atoms with van der Waals surface area (Å²) in [6.07, 6.45) is 8.25. The third kappa shape index (κ3) is 3.60. The number of hydrogen-bond acceptors (Lipinski definition) is 3. The standard InChI is InChI=1S/C18H30N4O/c1-13-17(18(23)20-15-7-5-4-6-8-15)19-14(2)22(13)16-9-11-21(3)12-10-16/h15-16H,4-12H2,1-3H3,(H,20,23). The van der Waals surface area contributed by atoms with Crippen molar-refractivity contribution in [3.8, 4) is 0 Å². The van der Waals surface area contributed by atoms with Gasteiger partial charge >= 0.3 is 0 Å². The fraction of sp³-hybridized carbons (Fsp3) is 0.778. The van der Waals surface area contributed by atoms with Gasteiger partial charge < -0.3 is 14.8 Å². The molecule has 0 atom stereocenters. The van der Waals surface area contributed by atoms with Crippen LogP contribution in [-0.4, -0.2) is 46.5 Å². The molecule has 2 heterocycles. The van der Waals surface area contributed by atoms with Gasteiger partial charge in [0.25, 0.3) is 5.91 Å². The third-order valence-corrected chi connectivity index (χ3v) is 5.54. The first-order valence-electron chi connectivity index (χ1n) is 9.11. The molecule has 1 saturated heterocycles. The van der Waals surface area contributed by atoms with Gasteiger partial charge in [0, 0.05) is 17.8 Å². The molecule has 0 spiro atoms. The van der Waals surface area contributed by atoms with E-state index in [0.29, 0.717) is 17.8 Å². The molecule has 1 aromatic heterocycles. The first kappa shape index (κ1) is 16.5. The van der Waals surface area contributed by atoms with Crippen LogP contribution < -0.4 is 5.32 Å². The van der Waals surface area contributed by atoms with Gasteiger partial charge in [-0.25, -0.2) is 4.98 Å². The van der Waals surface area contributed by atoms with E-state index >= 15 is 0 Å². The SMILES string of the molecule is Cc1nc(C(=O)NC2CCCCC2)c(C)n1C1CCN(C)CC1. The maximum Gasteiger partial charge on any atom is 0.271 e. The van der Waals surface area contributed by atoms with Crippen LogP contribution in [0.1, 0.15) is 73.0 Å². The molecular formula is C18H30N4O. The predicted octanol–water partition coefficient (Wildman–Crippen LogP) is 2.83. The van der Waals surface area contributed by atoms with E-state index in [2.05, 4.69) is 26.8 Å². The normalized spacial score (nSPS) is 21.5. The number of rotatable bonds is 3. The Labute approximate surface area is 139 Å². The largest absolute Gasteiger partial charge is 0.348 e. The summed E-state index contributed by atoms with van der Waals surface area (Å²) in [5, 5.41) is 3.20. The number of likely N-dealkylation sites (tertiary alicyclic amines) is 1. The maximum absolute atomic E-state index is 12.6. The van der Waals surface area contributed by atoms with Crippen LogP contribution in [0.4, 0.5) is 0 Å². The monoisotopic (exact) mass is 318 g/mol. The van der Waals surface area contributed by atoms with E-state index < -0.39 is 0 Å². The van der Waals surface area contributed by atoms with Crippen molar-refractivity contribution in [1.82, 2.24) is 19.8 Å². The van der Waals surface area contributed by atoms with Crippen molar-refractivity contribution in [3.63, 3.8) is 0 Å². The number of hydrogen-bond donors (Lipinski definition) is 1. The Bertz CT molecular complexity index is 552. The van der Waals surface area contributed by atoms with E-state index in [-0.39, 0.29) is 5.91 Å². The second kappa shape index (κ2) is 7.04. The lowest BCUT2D eigenvalue weighted by Crippen LogP contribution is -2.36. The molecule has 128 valence electrons. The van der Waals surface area contributed by atoms with Crippen LogP contribution in [0.25, 0.3) is 0 Å². The van der Waals surface area contributed by atoms with Gasteiger partial charge in [0.15, 0.2) is 0 Å². The second-order valence-electron chi connectivity index (χ2n) is 7.31. The number of nitrogens with one attached hydrogen (secondary N) is 1. The molecule has 0 bridgehead atoms. The molecular weight excluding hydrogens is 288 g/mol. The lowest BCUT2D eigenvalue weighted by molar-refractivity contribution is 0.0922. The summed E-state index contributed by atoms with van der Waals surface area (Å²) in [5.74, 6) is 0.995. The van der Waals surface area contributed by atoms with Crippen LogP contribution in [-0.2, 0) is 0 Å². The van der Waals surface area contributed by atoms with Crippen molar-refractivity contribution < 1.29 is 4.79 Å². The molecule has 0 unspecified atom stereocenters. The van der Waals surface area contributed by atoms with Crippen molar-refractivity contribution in [2.45, 2.75) is 70.9 Å². The van der Waals surface area contributed by atoms with E-state index in [1.165, 1.54) is 19.3 Å². The molecule has 0 aromatic carbocycles. The summed E-state index contributed by atoms with van der Waals surface area (Å²) in [4.78, 5) is 19.6. The van der Waals surface area contributed by atoms with Gasteiger partial charge in [0.1, 0.15) is 11.5 Å². The van der Waals surface area contributed by atoms with Crippen LogP contribution in [0.2, 0.25) is 0 Å². The maximum atomic E-state index is 12.6. The number of piperidine rings is 1. The van der Waals surface area contributed by atoms with Crippen molar-refractivity contribution in [2.24, 2.45) is 0 Å². The van der Waals surface area contributed by atoms with Gasteiger partial charge in [-0.15, -0.1) is 0 Å². The molecule has 1 N–H and O–H groups in total. The second-order valence-corrected chi connectivity index (χ2v) is 7.31. The van der Waals surface area contributed by atoms with Gasteiger partial charge in [-0.05, 0) is 59.7 Å². The van der Waals surface area contributed by atoms with Crippen LogP contribution in [0, 0.1) is 13.8 Å². The zero-order chi connectivity index (χ0) is 16.4. The molecule has 1 aliphatic heterocycles. The molecule has 2 fully saturated rings. The number of carbonyl (C=O) groups excluding carboxylic acids is 1. The molecule has 3 rings (SSSR count). The summed E-state index contributed by atoms with van der Waals surface area (Å²) in [5.41, 5.74) is 1.66. The average Bonchev–Trinajstić information content (AvgIpc) is 2.84. The Hall–Kier alpha value is -1.36. The van der Waals surface area contributed by atoms with E-state index in [1.54, 1.807) is 0 Å². The van der Waals surface area contributed by atoms with Gasteiger partial charge in [-0.1, -0.05) is 19.3 Å². The first-order valence-corrected chi connectivity index (χ1v) is 9.11. The molecule has 1 aliphatic carbocycles. The van der Waals surface area contributed by atoms with Crippen LogP contribution in [0.5, 0.6) is 0 Å². The zero-order valence-corrected chi connectivity index (χ0v) is 14.8. The Balaban J connectivity index is 1.73. The zero-order valence-electron chi connectivity index (χ0n) is 14.8. The van der Waals surface area contributed by atoms with Gasteiger partial charge in [-0.2, -0.15) is 0 Å². The van der Waals surface area contributed by atoms with Crippen LogP contribution >= 0.6 is 0 Å². The predicted molar refractivity (Wildman–Crippen MR) is 91.8 cm³/mol. The van der Waals surface area contributed by atoms with Crippen molar-refractivity contribution in [3.05, 3.63) is 17.2 Å². The van der Waals surface area contributed by atoms with Crippen LogP contribution in [0.15, 0.2) is 0 Å². The molecule has 1 aromatic rings. The smallest absolute Gasteiger partial charge is 0.271 e. The number of aromatic nitrogens is 2. The summed E-state index contributed by atoms with van der Waals surface area (Å²) in [7, 11) is 2.17. The number of aryl methyl sites for hydroxylation is 1. The number of nitrogens with zero attached hydrogens (tertiary/aromatic N) is 3. The van der Waals surface area contributed by atoms with Crippen molar-refractivity contribution in [1.29, 1.82) is 0 Å². The summed E-state index contributed by atoms with van der Waals surface area (Å²) in [6, 6.07) is 0.819. The Kier molecular flexibility index (Phi) is 5.05. The highest BCUT2D eigenvalue weighted by Gasteiger charge is 2.26. The van der Waals surface area contributed by atoms with Gasteiger partial charge in [0.2, 0.25) is 0 Å². The number of amides is 1. The van der Waals surface area contributed by atoms with E-state index in [9.17, 15) is 4.79 Å². The highest BCUT2D eigenvalue weighted by molar-refractivity contribution is 5.93. The fourth-order valence-corrected chi connectivity index (χ4v) is 4.16. The molecule has 1 amide bonds. The molecule has 2 aliphatic rings.